The highest BCUT2D eigenvalue weighted by molar-refractivity contribution is 6.30. The molecule has 1 aromatic rings. The van der Waals surface area contributed by atoms with E-state index in [0.717, 1.165) is 16.7 Å². The molecule has 0 radical (unpaired) electrons. The number of benzene rings is 1. The molecule has 0 atom stereocenters. The van der Waals surface area contributed by atoms with E-state index in [1.807, 2.05) is 19.1 Å². The Morgan fingerprint density at radius 1 is 1.38 bits per heavy atom. The van der Waals surface area contributed by atoms with Crippen LogP contribution in [0.25, 0.3) is 0 Å². The summed E-state index contributed by atoms with van der Waals surface area (Å²) in [5.41, 5.74) is 2.76. The first-order chi connectivity index (χ1) is 6.06. The van der Waals surface area contributed by atoms with Gasteiger partial charge in [0.15, 0.2) is 0 Å². The summed E-state index contributed by atoms with van der Waals surface area (Å²) < 4.78 is 0. The third kappa shape index (κ3) is 2.02. The van der Waals surface area contributed by atoms with Crippen molar-refractivity contribution >= 4 is 11.6 Å². The van der Waals surface area contributed by atoms with E-state index in [2.05, 4.69) is 19.9 Å². The van der Waals surface area contributed by atoms with Gasteiger partial charge in [-0.1, -0.05) is 25.4 Å². The lowest BCUT2D eigenvalue weighted by Gasteiger charge is -2.10. The summed E-state index contributed by atoms with van der Waals surface area (Å²) in [4.78, 5) is 0. The molecule has 0 amide bonds. The minimum atomic E-state index is 0.340. The molecule has 0 N–H and O–H groups in total. The lowest BCUT2D eigenvalue weighted by Crippen LogP contribution is -1.95. The molecule has 0 aromatic heterocycles. The molecule has 0 saturated carbocycles. The second-order valence-corrected chi connectivity index (χ2v) is 3.89. The predicted octanol–water partition coefficient (Wildman–Crippen LogP) is 3.64. The monoisotopic (exact) mass is 193 g/mol. The zero-order valence-electron chi connectivity index (χ0n) is 8.06. The quantitative estimate of drug-likeness (QED) is 0.668. The van der Waals surface area contributed by atoms with E-state index in [9.17, 15) is 0 Å². The highest BCUT2D eigenvalue weighted by Gasteiger charge is 2.09. The van der Waals surface area contributed by atoms with E-state index >= 15 is 0 Å². The average molecular weight is 194 g/mol. The van der Waals surface area contributed by atoms with Crippen LogP contribution in [-0.2, 0) is 0 Å². The van der Waals surface area contributed by atoms with Crippen molar-refractivity contribution in [3.8, 4) is 6.07 Å². The first-order valence-corrected chi connectivity index (χ1v) is 4.64. The van der Waals surface area contributed by atoms with Gasteiger partial charge < -0.3 is 0 Å². The molecule has 68 valence electrons. The second kappa shape index (κ2) is 3.81. The summed E-state index contributed by atoms with van der Waals surface area (Å²) in [6.07, 6.45) is 0. The number of hydrogen-bond donors (Lipinski definition) is 0. The van der Waals surface area contributed by atoms with Gasteiger partial charge in [0.25, 0.3) is 0 Å². The van der Waals surface area contributed by atoms with Crippen molar-refractivity contribution in [2.24, 2.45) is 0 Å². The van der Waals surface area contributed by atoms with Gasteiger partial charge in [0.05, 0.1) is 11.6 Å². The molecule has 0 saturated heterocycles. The van der Waals surface area contributed by atoms with Crippen LogP contribution in [0.2, 0.25) is 5.02 Å². The Hall–Kier alpha value is -1.00. The molecule has 0 aliphatic heterocycles. The minimum absolute atomic E-state index is 0.340. The topological polar surface area (TPSA) is 23.8 Å². The van der Waals surface area contributed by atoms with Crippen molar-refractivity contribution < 1.29 is 0 Å². The molecule has 0 heterocycles. The van der Waals surface area contributed by atoms with E-state index in [-0.39, 0.29) is 0 Å². The van der Waals surface area contributed by atoms with Crippen molar-refractivity contribution in [2.45, 2.75) is 26.7 Å². The number of rotatable bonds is 1. The third-order valence-corrected chi connectivity index (χ3v) is 2.28. The fourth-order valence-electron chi connectivity index (χ4n) is 1.38. The summed E-state index contributed by atoms with van der Waals surface area (Å²) in [6.45, 7) is 6.04. The van der Waals surface area contributed by atoms with Crippen molar-refractivity contribution in [3.05, 3.63) is 33.8 Å². The lowest BCUT2D eigenvalue weighted by molar-refractivity contribution is 0.860. The first-order valence-electron chi connectivity index (χ1n) is 4.26. The van der Waals surface area contributed by atoms with Crippen LogP contribution in [0.3, 0.4) is 0 Å². The number of nitrogens with zero attached hydrogens (tertiary/aromatic N) is 1. The Labute approximate surface area is 84.0 Å². The second-order valence-electron chi connectivity index (χ2n) is 3.45. The van der Waals surface area contributed by atoms with Gasteiger partial charge in [-0.3, -0.25) is 0 Å². The zero-order chi connectivity index (χ0) is 10.0. The predicted molar refractivity (Wildman–Crippen MR) is 55.0 cm³/mol. The first kappa shape index (κ1) is 10.1. The normalized spacial score (nSPS) is 10.2. The Morgan fingerprint density at radius 2 is 2.00 bits per heavy atom. The van der Waals surface area contributed by atoms with E-state index in [1.165, 1.54) is 0 Å². The standard InChI is InChI=1S/C11H12ClN/c1-7(2)10-5-9(12)4-8(3)11(10)6-13/h4-5,7H,1-3H3. The summed E-state index contributed by atoms with van der Waals surface area (Å²) in [5.74, 6) is 0.340. The summed E-state index contributed by atoms with van der Waals surface area (Å²) in [7, 11) is 0. The van der Waals surface area contributed by atoms with Crippen LogP contribution >= 0.6 is 11.6 Å². The van der Waals surface area contributed by atoms with Crippen molar-refractivity contribution in [2.75, 3.05) is 0 Å². The Morgan fingerprint density at radius 3 is 2.46 bits per heavy atom. The molecule has 0 fully saturated rings. The highest BCUT2D eigenvalue weighted by Crippen LogP contribution is 2.25. The zero-order valence-corrected chi connectivity index (χ0v) is 8.81. The summed E-state index contributed by atoms with van der Waals surface area (Å²) in [6, 6.07) is 5.91. The van der Waals surface area contributed by atoms with Crippen LogP contribution in [0.15, 0.2) is 12.1 Å². The largest absolute Gasteiger partial charge is 0.192 e. The molecule has 1 rings (SSSR count). The van der Waals surface area contributed by atoms with Crippen LogP contribution in [-0.4, -0.2) is 0 Å². The maximum absolute atomic E-state index is 8.95. The van der Waals surface area contributed by atoms with Gasteiger partial charge in [-0.25, -0.2) is 0 Å². The van der Waals surface area contributed by atoms with Crippen LogP contribution in [0, 0.1) is 18.3 Å². The van der Waals surface area contributed by atoms with Gasteiger partial charge >= 0.3 is 0 Å². The molecule has 13 heavy (non-hydrogen) atoms. The molecular weight excluding hydrogens is 182 g/mol. The third-order valence-electron chi connectivity index (χ3n) is 2.06. The van der Waals surface area contributed by atoms with Crippen LogP contribution in [0.4, 0.5) is 0 Å². The van der Waals surface area contributed by atoms with Gasteiger partial charge in [-0.2, -0.15) is 5.26 Å². The molecule has 0 spiro atoms. The SMILES string of the molecule is Cc1cc(Cl)cc(C(C)C)c1C#N. The lowest BCUT2D eigenvalue weighted by atomic mass is 9.95. The van der Waals surface area contributed by atoms with Gasteiger partial charge in [0, 0.05) is 5.02 Å². The van der Waals surface area contributed by atoms with Crippen LogP contribution < -0.4 is 0 Å². The fourth-order valence-corrected chi connectivity index (χ4v) is 1.66. The number of aryl methyl sites for hydroxylation is 1. The molecule has 0 unspecified atom stereocenters. The molecule has 0 aliphatic rings. The van der Waals surface area contributed by atoms with Gasteiger partial charge in [-0.05, 0) is 36.1 Å². The molecular formula is C11H12ClN. The summed E-state index contributed by atoms with van der Waals surface area (Å²) >= 11 is 5.91. The molecule has 1 nitrogen and oxygen atoms in total. The molecule has 0 bridgehead atoms. The van der Waals surface area contributed by atoms with Crippen molar-refractivity contribution in [3.63, 3.8) is 0 Å². The Kier molecular flexibility index (Phi) is 2.95. The Bertz CT molecular complexity index is 361. The minimum Gasteiger partial charge on any atom is -0.192 e. The molecule has 0 aliphatic carbocycles. The number of nitriles is 1. The Balaban J connectivity index is 3.41. The molecule has 2 heteroatoms. The highest BCUT2D eigenvalue weighted by atomic mass is 35.5. The maximum atomic E-state index is 8.95. The maximum Gasteiger partial charge on any atom is 0.0997 e. The van der Waals surface area contributed by atoms with Gasteiger partial charge in [-0.15, -0.1) is 0 Å². The van der Waals surface area contributed by atoms with E-state index in [0.29, 0.717) is 10.9 Å². The fraction of sp³-hybridized carbons (Fsp3) is 0.364. The van der Waals surface area contributed by atoms with Crippen molar-refractivity contribution in [1.29, 1.82) is 5.26 Å². The summed E-state index contributed by atoms with van der Waals surface area (Å²) in [5, 5.41) is 9.65. The van der Waals surface area contributed by atoms with E-state index < -0.39 is 0 Å². The average Bonchev–Trinajstić information content (AvgIpc) is 2.02. The van der Waals surface area contributed by atoms with Crippen LogP contribution in [0.5, 0.6) is 0 Å². The van der Waals surface area contributed by atoms with Crippen molar-refractivity contribution in [1.82, 2.24) is 0 Å². The molecule has 1 aromatic carbocycles. The van der Waals surface area contributed by atoms with Crippen LogP contribution in [0.1, 0.15) is 36.5 Å². The van der Waals surface area contributed by atoms with Gasteiger partial charge in [0.2, 0.25) is 0 Å². The van der Waals surface area contributed by atoms with E-state index in [1.54, 1.807) is 0 Å². The number of hydrogen-bond acceptors (Lipinski definition) is 1. The smallest absolute Gasteiger partial charge is 0.0997 e. The van der Waals surface area contributed by atoms with E-state index in [4.69, 9.17) is 16.9 Å². The van der Waals surface area contributed by atoms with Gasteiger partial charge in [0.1, 0.15) is 0 Å². The number of halogens is 1.